The summed E-state index contributed by atoms with van der Waals surface area (Å²) in [6, 6.07) is 17.9. The molecule has 2 rings (SSSR count). The minimum atomic E-state index is 0.856. The van der Waals surface area contributed by atoms with Gasteiger partial charge in [-0.2, -0.15) is 12.6 Å². The molecule has 0 aromatic heterocycles. The zero-order chi connectivity index (χ0) is 12.6. The maximum Gasteiger partial charge on any atom is 0.127 e. The van der Waals surface area contributed by atoms with Crippen molar-refractivity contribution in [1.82, 2.24) is 5.32 Å². The zero-order valence-electron chi connectivity index (χ0n) is 10.2. The lowest BCUT2D eigenvalue weighted by Gasteiger charge is -2.07. The van der Waals surface area contributed by atoms with Gasteiger partial charge in [0.2, 0.25) is 0 Å². The van der Waals surface area contributed by atoms with Gasteiger partial charge in [-0.05, 0) is 29.8 Å². The van der Waals surface area contributed by atoms with Gasteiger partial charge in [0, 0.05) is 18.8 Å². The van der Waals surface area contributed by atoms with Crippen LogP contribution in [-0.4, -0.2) is 12.3 Å². The second-order valence-electron chi connectivity index (χ2n) is 3.96. The molecule has 0 amide bonds. The van der Waals surface area contributed by atoms with Gasteiger partial charge in [0.25, 0.3) is 0 Å². The van der Waals surface area contributed by atoms with Gasteiger partial charge in [-0.15, -0.1) is 0 Å². The number of rotatable bonds is 6. The smallest absolute Gasteiger partial charge is 0.127 e. The van der Waals surface area contributed by atoms with Crippen molar-refractivity contribution in [3.8, 4) is 11.5 Å². The SMILES string of the molecule is SCCNCc1ccc(Oc2ccccc2)cc1. The summed E-state index contributed by atoms with van der Waals surface area (Å²) in [6.45, 7) is 1.79. The molecule has 0 saturated carbocycles. The van der Waals surface area contributed by atoms with Crippen LogP contribution in [0.2, 0.25) is 0 Å². The molecule has 0 bridgehead atoms. The van der Waals surface area contributed by atoms with Crippen molar-refractivity contribution in [2.45, 2.75) is 6.54 Å². The standard InChI is InChI=1S/C15H17NOS/c18-11-10-16-12-13-6-8-15(9-7-13)17-14-4-2-1-3-5-14/h1-9,16,18H,10-12H2. The molecule has 0 aliphatic carbocycles. The van der Waals surface area contributed by atoms with Gasteiger partial charge < -0.3 is 10.1 Å². The Morgan fingerprint density at radius 3 is 2.22 bits per heavy atom. The van der Waals surface area contributed by atoms with Gasteiger partial charge in [0.05, 0.1) is 0 Å². The Balaban J connectivity index is 1.91. The van der Waals surface area contributed by atoms with E-state index in [1.54, 1.807) is 0 Å². The lowest BCUT2D eigenvalue weighted by atomic mass is 10.2. The highest BCUT2D eigenvalue weighted by molar-refractivity contribution is 7.80. The fourth-order valence-electron chi connectivity index (χ4n) is 1.61. The summed E-state index contributed by atoms with van der Waals surface area (Å²) in [5.74, 6) is 2.58. The first-order valence-corrected chi connectivity index (χ1v) is 6.65. The van der Waals surface area contributed by atoms with Crippen molar-refractivity contribution in [1.29, 1.82) is 0 Å². The fourth-order valence-corrected chi connectivity index (χ4v) is 1.77. The van der Waals surface area contributed by atoms with Gasteiger partial charge in [-0.25, -0.2) is 0 Å². The average molecular weight is 259 g/mol. The Morgan fingerprint density at radius 2 is 1.56 bits per heavy atom. The molecule has 0 spiro atoms. The second kappa shape index (κ2) is 7.09. The Labute approximate surface area is 113 Å². The number of hydrogen-bond acceptors (Lipinski definition) is 3. The third-order valence-corrected chi connectivity index (χ3v) is 2.74. The summed E-state index contributed by atoms with van der Waals surface area (Å²) in [4.78, 5) is 0. The van der Waals surface area contributed by atoms with E-state index in [-0.39, 0.29) is 0 Å². The Hall–Kier alpha value is -1.45. The van der Waals surface area contributed by atoms with Gasteiger partial charge in [-0.3, -0.25) is 0 Å². The summed E-state index contributed by atoms with van der Waals surface area (Å²) in [5, 5.41) is 3.30. The van der Waals surface area contributed by atoms with E-state index in [1.807, 2.05) is 42.5 Å². The second-order valence-corrected chi connectivity index (χ2v) is 4.41. The van der Waals surface area contributed by atoms with Crippen LogP contribution in [0.15, 0.2) is 54.6 Å². The topological polar surface area (TPSA) is 21.3 Å². The van der Waals surface area contributed by atoms with Gasteiger partial charge >= 0.3 is 0 Å². The van der Waals surface area contributed by atoms with Crippen molar-refractivity contribution in [2.24, 2.45) is 0 Å². The molecule has 0 aliphatic heterocycles. The van der Waals surface area contributed by atoms with Crippen LogP contribution in [0, 0.1) is 0 Å². The maximum atomic E-state index is 5.73. The number of thiol groups is 1. The Kier molecular flexibility index (Phi) is 5.12. The first-order chi connectivity index (χ1) is 8.88. The van der Waals surface area contributed by atoms with Crippen LogP contribution in [0.1, 0.15) is 5.56 Å². The first kappa shape index (κ1) is 13.0. The summed E-state index contributed by atoms with van der Waals surface area (Å²) in [7, 11) is 0. The third kappa shape index (κ3) is 4.09. The normalized spacial score (nSPS) is 10.3. The lowest BCUT2D eigenvalue weighted by molar-refractivity contribution is 0.482. The van der Waals surface area contributed by atoms with E-state index in [9.17, 15) is 0 Å². The molecule has 3 heteroatoms. The summed E-state index contributed by atoms with van der Waals surface area (Å²) in [6.07, 6.45) is 0. The molecule has 2 aromatic rings. The number of hydrogen-bond donors (Lipinski definition) is 2. The molecular formula is C15H17NOS. The van der Waals surface area contributed by atoms with Crippen LogP contribution in [0.4, 0.5) is 0 Å². The number of ether oxygens (including phenoxy) is 1. The largest absolute Gasteiger partial charge is 0.457 e. The van der Waals surface area contributed by atoms with Gasteiger partial charge in [0.15, 0.2) is 0 Å². The molecule has 18 heavy (non-hydrogen) atoms. The highest BCUT2D eigenvalue weighted by Crippen LogP contribution is 2.20. The predicted molar refractivity (Wildman–Crippen MR) is 78.5 cm³/mol. The average Bonchev–Trinajstić information content (AvgIpc) is 2.42. The van der Waals surface area contributed by atoms with Crippen LogP contribution in [0.3, 0.4) is 0 Å². The van der Waals surface area contributed by atoms with Crippen LogP contribution in [0.5, 0.6) is 11.5 Å². The van der Waals surface area contributed by atoms with Crippen molar-refractivity contribution < 1.29 is 4.74 Å². The minimum Gasteiger partial charge on any atom is -0.457 e. The molecule has 0 unspecified atom stereocenters. The monoisotopic (exact) mass is 259 g/mol. The first-order valence-electron chi connectivity index (χ1n) is 6.02. The Morgan fingerprint density at radius 1 is 0.889 bits per heavy atom. The molecule has 94 valence electrons. The highest BCUT2D eigenvalue weighted by Gasteiger charge is 1.97. The molecule has 0 saturated heterocycles. The predicted octanol–water partition coefficient (Wildman–Crippen LogP) is 3.50. The lowest BCUT2D eigenvalue weighted by Crippen LogP contribution is -2.15. The van der Waals surface area contributed by atoms with Gasteiger partial charge in [0.1, 0.15) is 11.5 Å². The summed E-state index contributed by atoms with van der Waals surface area (Å²) in [5.41, 5.74) is 1.25. The van der Waals surface area contributed by atoms with E-state index in [2.05, 4.69) is 30.1 Å². The molecule has 0 fully saturated rings. The quantitative estimate of drug-likeness (QED) is 0.612. The molecule has 0 radical (unpaired) electrons. The molecule has 0 aliphatic rings. The maximum absolute atomic E-state index is 5.73. The van der Waals surface area contributed by atoms with Crippen molar-refractivity contribution in [3.05, 3.63) is 60.2 Å². The number of nitrogens with one attached hydrogen (secondary N) is 1. The number of benzene rings is 2. The van der Waals surface area contributed by atoms with Crippen molar-refractivity contribution in [3.63, 3.8) is 0 Å². The van der Waals surface area contributed by atoms with E-state index in [1.165, 1.54) is 5.56 Å². The molecule has 2 nitrogen and oxygen atoms in total. The van der Waals surface area contributed by atoms with E-state index >= 15 is 0 Å². The summed E-state index contributed by atoms with van der Waals surface area (Å²) < 4.78 is 5.73. The van der Waals surface area contributed by atoms with E-state index in [0.717, 1.165) is 30.3 Å². The zero-order valence-corrected chi connectivity index (χ0v) is 11.1. The van der Waals surface area contributed by atoms with Crippen LogP contribution >= 0.6 is 12.6 Å². The molecule has 0 atom stereocenters. The minimum absolute atomic E-state index is 0.856. The van der Waals surface area contributed by atoms with E-state index < -0.39 is 0 Å². The van der Waals surface area contributed by atoms with Crippen LogP contribution in [-0.2, 0) is 6.54 Å². The van der Waals surface area contributed by atoms with Gasteiger partial charge in [-0.1, -0.05) is 30.3 Å². The number of para-hydroxylation sites is 1. The molecule has 2 aromatic carbocycles. The fraction of sp³-hybridized carbons (Fsp3) is 0.200. The highest BCUT2D eigenvalue weighted by atomic mass is 32.1. The van der Waals surface area contributed by atoms with E-state index in [0.29, 0.717) is 0 Å². The Bertz CT molecular complexity index is 456. The molecular weight excluding hydrogens is 242 g/mol. The van der Waals surface area contributed by atoms with Crippen molar-refractivity contribution >= 4 is 12.6 Å². The van der Waals surface area contributed by atoms with E-state index in [4.69, 9.17) is 4.74 Å². The van der Waals surface area contributed by atoms with Crippen LogP contribution in [0.25, 0.3) is 0 Å². The summed E-state index contributed by atoms with van der Waals surface area (Å²) >= 11 is 4.16. The van der Waals surface area contributed by atoms with Crippen molar-refractivity contribution in [2.75, 3.05) is 12.3 Å². The molecule has 0 heterocycles. The third-order valence-electron chi connectivity index (χ3n) is 2.52. The molecule has 1 N–H and O–H groups in total. The van der Waals surface area contributed by atoms with Crippen LogP contribution < -0.4 is 10.1 Å².